The quantitative estimate of drug-likeness (QED) is 0.586. The number of ether oxygens (including phenoxy) is 1. The summed E-state index contributed by atoms with van der Waals surface area (Å²) in [6.07, 6.45) is 1.73. The molecule has 2 N–H and O–H groups in total. The number of likely N-dealkylation sites (N-methyl/N-ethyl adjacent to an activating group) is 1. The summed E-state index contributed by atoms with van der Waals surface area (Å²) in [7, 11) is 1.69. The zero-order chi connectivity index (χ0) is 23.2. The highest BCUT2D eigenvalue weighted by molar-refractivity contribution is 9.10. The van der Waals surface area contributed by atoms with Gasteiger partial charge in [0.25, 0.3) is 0 Å². The highest BCUT2D eigenvalue weighted by Crippen LogP contribution is 2.32. The van der Waals surface area contributed by atoms with Crippen LogP contribution in [0.3, 0.4) is 0 Å². The van der Waals surface area contributed by atoms with Gasteiger partial charge in [0, 0.05) is 67.6 Å². The number of halogens is 1. The van der Waals surface area contributed by atoms with E-state index in [4.69, 9.17) is 4.74 Å². The fourth-order valence-corrected chi connectivity index (χ4v) is 4.83. The Kier molecular flexibility index (Phi) is 7.93. The first-order valence-electron chi connectivity index (χ1n) is 11.8. The van der Waals surface area contributed by atoms with Gasteiger partial charge in [0.1, 0.15) is 5.75 Å². The number of carbonyl (C=O) groups is 1. The summed E-state index contributed by atoms with van der Waals surface area (Å²) >= 11 is 3.51. The number of rotatable bonds is 7. The van der Waals surface area contributed by atoms with E-state index < -0.39 is 0 Å². The largest absolute Gasteiger partial charge is 0.493 e. The number of amides is 1. The summed E-state index contributed by atoms with van der Waals surface area (Å²) in [6, 6.07) is 15.0. The highest BCUT2D eigenvalue weighted by atomic mass is 79.9. The molecule has 1 saturated heterocycles. The number of nitrogens with one attached hydrogen (secondary N) is 2. The molecule has 0 radical (unpaired) electrons. The zero-order valence-corrected chi connectivity index (χ0v) is 21.1. The number of hydrogen-bond donors (Lipinski definition) is 2. The average molecular weight is 513 g/mol. The van der Waals surface area contributed by atoms with E-state index in [0.717, 1.165) is 79.2 Å². The van der Waals surface area contributed by atoms with Crippen LogP contribution in [0.5, 0.6) is 5.75 Å². The van der Waals surface area contributed by atoms with Crippen molar-refractivity contribution < 1.29 is 9.53 Å². The van der Waals surface area contributed by atoms with Crippen LogP contribution in [0.2, 0.25) is 0 Å². The predicted molar refractivity (Wildman–Crippen MR) is 137 cm³/mol. The number of carbonyl (C=O) groups excluding carboxylic acids is 1. The standard InChI is InChI=1S/C26H33BrN4O2/c1-3-33-24-17-19(6-11-22(24)25-23(26(32)28-2)5-4-12-29-25)18-30-13-15-31(16-14-30)21-9-7-20(27)8-10-21/h6-11,17,29H,3-5,12-16,18H2,1-2H3,(H,28,32). The molecule has 0 saturated carbocycles. The molecule has 2 heterocycles. The van der Waals surface area contributed by atoms with Gasteiger partial charge in [-0.1, -0.05) is 22.0 Å². The summed E-state index contributed by atoms with van der Waals surface area (Å²) in [6.45, 7) is 8.43. The van der Waals surface area contributed by atoms with E-state index in [1.54, 1.807) is 7.05 Å². The van der Waals surface area contributed by atoms with Crippen molar-refractivity contribution in [3.8, 4) is 5.75 Å². The maximum Gasteiger partial charge on any atom is 0.249 e. The summed E-state index contributed by atoms with van der Waals surface area (Å²) in [5.41, 5.74) is 5.19. The van der Waals surface area contributed by atoms with Crippen LogP contribution in [-0.4, -0.2) is 57.2 Å². The first-order valence-corrected chi connectivity index (χ1v) is 12.6. The smallest absolute Gasteiger partial charge is 0.249 e. The van der Waals surface area contributed by atoms with Crippen LogP contribution in [0.4, 0.5) is 5.69 Å². The Morgan fingerprint density at radius 2 is 1.88 bits per heavy atom. The molecule has 2 aromatic rings. The van der Waals surface area contributed by atoms with Crippen LogP contribution in [0, 0.1) is 0 Å². The maximum absolute atomic E-state index is 12.4. The van der Waals surface area contributed by atoms with Crippen molar-refractivity contribution in [2.75, 3.05) is 51.3 Å². The van der Waals surface area contributed by atoms with E-state index in [0.29, 0.717) is 6.61 Å². The van der Waals surface area contributed by atoms with Crippen LogP contribution >= 0.6 is 15.9 Å². The number of piperazine rings is 1. The molecular weight excluding hydrogens is 480 g/mol. The van der Waals surface area contributed by atoms with Crippen LogP contribution in [0.1, 0.15) is 30.9 Å². The Morgan fingerprint density at radius 1 is 1.12 bits per heavy atom. The third-order valence-corrected chi connectivity index (χ3v) is 6.82. The topological polar surface area (TPSA) is 56.8 Å². The molecular formula is C26H33BrN4O2. The number of nitrogens with zero attached hydrogens (tertiary/aromatic N) is 2. The van der Waals surface area contributed by atoms with Crippen LogP contribution in [0.15, 0.2) is 52.5 Å². The van der Waals surface area contributed by atoms with E-state index in [9.17, 15) is 4.79 Å². The Morgan fingerprint density at radius 3 is 2.58 bits per heavy atom. The van der Waals surface area contributed by atoms with Crippen molar-refractivity contribution >= 4 is 33.2 Å². The minimum absolute atomic E-state index is 0.0210. The molecule has 0 spiro atoms. The highest BCUT2D eigenvalue weighted by Gasteiger charge is 2.23. The van der Waals surface area contributed by atoms with E-state index in [1.807, 2.05) is 6.92 Å². The van der Waals surface area contributed by atoms with Gasteiger partial charge in [-0.2, -0.15) is 0 Å². The molecule has 1 fully saturated rings. The van der Waals surface area contributed by atoms with Crippen LogP contribution in [0.25, 0.3) is 5.70 Å². The average Bonchev–Trinajstić information content (AvgIpc) is 2.85. The molecule has 176 valence electrons. The third-order valence-electron chi connectivity index (χ3n) is 6.29. The van der Waals surface area contributed by atoms with Gasteiger partial charge in [0.05, 0.1) is 12.3 Å². The molecule has 2 aromatic carbocycles. The molecule has 0 unspecified atom stereocenters. The molecule has 1 amide bonds. The van der Waals surface area contributed by atoms with Crippen molar-refractivity contribution in [1.82, 2.24) is 15.5 Å². The van der Waals surface area contributed by atoms with Gasteiger partial charge in [-0.15, -0.1) is 0 Å². The monoisotopic (exact) mass is 512 g/mol. The van der Waals surface area contributed by atoms with Gasteiger partial charge >= 0.3 is 0 Å². The first-order chi connectivity index (χ1) is 16.1. The van der Waals surface area contributed by atoms with Gasteiger partial charge in [0.15, 0.2) is 0 Å². The van der Waals surface area contributed by atoms with Crippen molar-refractivity contribution in [2.45, 2.75) is 26.3 Å². The zero-order valence-electron chi connectivity index (χ0n) is 19.5. The third kappa shape index (κ3) is 5.71. The Bertz CT molecular complexity index is 998. The molecule has 33 heavy (non-hydrogen) atoms. The van der Waals surface area contributed by atoms with Gasteiger partial charge in [-0.3, -0.25) is 9.69 Å². The second kappa shape index (κ2) is 11.1. The Balaban J connectivity index is 1.47. The summed E-state index contributed by atoms with van der Waals surface area (Å²) in [4.78, 5) is 17.4. The fourth-order valence-electron chi connectivity index (χ4n) is 4.57. The Hall–Kier alpha value is -2.51. The molecule has 2 aliphatic heterocycles. The van der Waals surface area contributed by atoms with Gasteiger partial charge in [-0.25, -0.2) is 0 Å². The summed E-state index contributed by atoms with van der Waals surface area (Å²) < 4.78 is 7.14. The molecule has 0 aromatic heterocycles. The molecule has 6 nitrogen and oxygen atoms in total. The van der Waals surface area contributed by atoms with E-state index >= 15 is 0 Å². The second-order valence-corrected chi connectivity index (χ2v) is 9.38. The van der Waals surface area contributed by atoms with Crippen LogP contribution < -0.4 is 20.3 Å². The molecule has 0 aliphatic carbocycles. The van der Waals surface area contributed by atoms with Gasteiger partial charge in [0.2, 0.25) is 5.91 Å². The van der Waals surface area contributed by atoms with Crippen molar-refractivity contribution in [3.63, 3.8) is 0 Å². The molecule has 0 bridgehead atoms. The lowest BCUT2D eigenvalue weighted by atomic mass is 9.96. The van der Waals surface area contributed by atoms with E-state index in [2.05, 4.69) is 78.8 Å². The summed E-state index contributed by atoms with van der Waals surface area (Å²) in [5.74, 6) is 0.821. The maximum atomic E-state index is 12.4. The van der Waals surface area contributed by atoms with Crippen molar-refractivity contribution in [2.24, 2.45) is 0 Å². The molecule has 4 rings (SSSR count). The lowest BCUT2D eigenvalue weighted by Crippen LogP contribution is -2.45. The Labute approximate surface area is 205 Å². The number of anilines is 1. The van der Waals surface area contributed by atoms with Crippen molar-refractivity contribution in [3.05, 3.63) is 63.6 Å². The lowest BCUT2D eigenvalue weighted by molar-refractivity contribution is -0.117. The minimum atomic E-state index is -0.0210. The normalized spacial score (nSPS) is 17.0. The lowest BCUT2D eigenvalue weighted by Gasteiger charge is -2.36. The predicted octanol–water partition coefficient (Wildman–Crippen LogP) is 4.01. The fraction of sp³-hybridized carbons (Fsp3) is 0.423. The van der Waals surface area contributed by atoms with E-state index in [1.165, 1.54) is 11.3 Å². The van der Waals surface area contributed by atoms with Crippen molar-refractivity contribution in [1.29, 1.82) is 0 Å². The SMILES string of the molecule is CCOc1cc(CN2CCN(c3ccc(Br)cc3)CC2)ccc1C1=C(C(=O)NC)CCCN1. The minimum Gasteiger partial charge on any atom is -0.493 e. The van der Waals surface area contributed by atoms with Crippen LogP contribution in [-0.2, 0) is 11.3 Å². The van der Waals surface area contributed by atoms with Gasteiger partial charge in [-0.05, 0) is 61.7 Å². The van der Waals surface area contributed by atoms with Gasteiger partial charge < -0.3 is 20.3 Å². The number of benzene rings is 2. The first kappa shape index (κ1) is 23.6. The van der Waals surface area contributed by atoms with E-state index in [-0.39, 0.29) is 5.91 Å². The molecule has 2 aliphatic rings. The molecule has 7 heteroatoms. The number of hydrogen-bond acceptors (Lipinski definition) is 5. The second-order valence-electron chi connectivity index (χ2n) is 8.47. The molecule has 0 atom stereocenters. The summed E-state index contributed by atoms with van der Waals surface area (Å²) in [5, 5.41) is 6.22.